The number of thiophene rings is 1. The summed E-state index contributed by atoms with van der Waals surface area (Å²) in [5.41, 5.74) is 10.9. The number of hydrogen-bond donors (Lipinski definition) is 0. The maximum absolute atomic E-state index is 2.46. The average molecular weight is 604 g/mol. The molecule has 0 aliphatic rings. The summed E-state index contributed by atoms with van der Waals surface area (Å²) in [5, 5.41) is 7.80. The maximum atomic E-state index is 2.46. The van der Waals surface area contributed by atoms with Crippen LogP contribution in [0, 0.1) is 0 Å². The van der Waals surface area contributed by atoms with Crippen LogP contribution in [-0.2, 0) is 0 Å². The smallest absolute Gasteiger partial charge is 0.0563 e. The van der Waals surface area contributed by atoms with Crippen molar-refractivity contribution in [2.45, 2.75) is 0 Å². The first kappa shape index (κ1) is 24.5. The molecular weight excluding hydrogens is 579 g/mol. The van der Waals surface area contributed by atoms with Crippen LogP contribution in [0.5, 0.6) is 0 Å². The van der Waals surface area contributed by atoms with E-state index in [4.69, 9.17) is 0 Å². The van der Waals surface area contributed by atoms with Crippen molar-refractivity contribution in [1.82, 2.24) is 13.7 Å². The van der Waals surface area contributed by atoms with Crippen molar-refractivity contribution in [3.05, 3.63) is 152 Å². The fourth-order valence-corrected chi connectivity index (χ4v) is 9.02. The first-order chi connectivity index (χ1) is 22.8. The zero-order valence-corrected chi connectivity index (χ0v) is 25.5. The van der Waals surface area contributed by atoms with E-state index in [-0.39, 0.29) is 0 Å². The molecule has 0 radical (unpaired) electrons. The van der Waals surface area contributed by atoms with Gasteiger partial charge in [0.25, 0.3) is 0 Å². The molecule has 4 heteroatoms. The van der Waals surface area contributed by atoms with Crippen molar-refractivity contribution in [2.24, 2.45) is 0 Å². The third-order valence-electron chi connectivity index (χ3n) is 9.80. The third kappa shape index (κ3) is 3.11. The molecule has 214 valence electrons. The highest BCUT2D eigenvalue weighted by Gasteiger charge is 2.23. The molecule has 0 fully saturated rings. The van der Waals surface area contributed by atoms with E-state index in [1.54, 1.807) is 0 Å². The van der Waals surface area contributed by atoms with Crippen LogP contribution in [0.2, 0.25) is 0 Å². The summed E-state index contributed by atoms with van der Waals surface area (Å²) >= 11 is 1.87. The van der Waals surface area contributed by atoms with Crippen LogP contribution in [-0.4, -0.2) is 13.7 Å². The Kier molecular flexibility index (Phi) is 4.72. The number of benzene rings is 7. The Hall–Kier alpha value is -5.84. The number of hydrogen-bond acceptors (Lipinski definition) is 1. The molecule has 0 aliphatic heterocycles. The highest BCUT2D eigenvalue weighted by molar-refractivity contribution is 7.25. The Bertz CT molecular complexity index is 2900. The number of fused-ring (bicyclic) bond motifs is 6. The van der Waals surface area contributed by atoms with Crippen molar-refractivity contribution in [3.63, 3.8) is 0 Å². The lowest BCUT2D eigenvalue weighted by molar-refractivity contribution is 1.15. The van der Waals surface area contributed by atoms with Gasteiger partial charge in [-0.25, -0.2) is 0 Å². The summed E-state index contributed by atoms with van der Waals surface area (Å²) in [6.07, 6.45) is 0. The van der Waals surface area contributed by atoms with Crippen LogP contribution in [0.3, 0.4) is 0 Å². The summed E-state index contributed by atoms with van der Waals surface area (Å²) in [5.74, 6) is 0. The fraction of sp³-hybridized carbons (Fsp3) is 0. The topological polar surface area (TPSA) is 14.8 Å². The van der Waals surface area contributed by atoms with Gasteiger partial charge in [0.15, 0.2) is 0 Å². The summed E-state index contributed by atoms with van der Waals surface area (Å²) in [6.45, 7) is 0. The Morgan fingerprint density at radius 2 is 0.804 bits per heavy atom. The minimum atomic E-state index is 1.18. The Morgan fingerprint density at radius 1 is 0.304 bits per heavy atom. The monoisotopic (exact) mass is 603 g/mol. The molecule has 7 aromatic carbocycles. The van der Waals surface area contributed by atoms with Crippen LogP contribution < -0.4 is 0 Å². The Morgan fingerprint density at radius 3 is 1.52 bits per heavy atom. The molecule has 0 saturated carbocycles. The molecule has 3 nitrogen and oxygen atoms in total. The molecule has 0 unspecified atom stereocenters. The molecule has 4 heterocycles. The van der Waals surface area contributed by atoms with E-state index in [9.17, 15) is 0 Å². The molecular formula is C42H25N3S. The van der Waals surface area contributed by atoms with Gasteiger partial charge in [-0.1, -0.05) is 66.7 Å². The van der Waals surface area contributed by atoms with Gasteiger partial charge >= 0.3 is 0 Å². The third-order valence-corrected chi connectivity index (χ3v) is 11.0. The predicted octanol–water partition coefficient (Wildman–Crippen LogP) is 11.6. The zero-order valence-electron chi connectivity index (χ0n) is 24.7. The molecule has 0 saturated heterocycles. The average Bonchev–Trinajstić information content (AvgIpc) is 3.85. The Balaban J connectivity index is 1.18. The normalized spacial score (nSPS) is 12.3. The molecule has 0 N–H and O–H groups in total. The first-order valence-corrected chi connectivity index (χ1v) is 16.5. The van der Waals surface area contributed by atoms with Crippen LogP contribution in [0.1, 0.15) is 0 Å². The minimum absolute atomic E-state index is 1.18. The highest BCUT2D eigenvalue weighted by atomic mass is 32.1. The molecule has 0 bridgehead atoms. The van der Waals surface area contributed by atoms with Crippen LogP contribution in [0.25, 0.3) is 91.9 Å². The number of aromatic nitrogens is 3. The molecule has 0 aliphatic carbocycles. The van der Waals surface area contributed by atoms with Crippen LogP contribution in [0.4, 0.5) is 0 Å². The summed E-state index contributed by atoms with van der Waals surface area (Å²) < 4.78 is 9.96. The van der Waals surface area contributed by atoms with Gasteiger partial charge in [0.05, 0.1) is 33.1 Å². The largest absolute Gasteiger partial charge is 0.309 e. The number of nitrogens with zero attached hydrogens (tertiary/aromatic N) is 3. The predicted molar refractivity (Wildman–Crippen MR) is 196 cm³/mol. The lowest BCUT2D eigenvalue weighted by atomic mass is 10.1. The fourth-order valence-electron chi connectivity index (χ4n) is 7.94. The van der Waals surface area contributed by atoms with Gasteiger partial charge in [0, 0.05) is 58.8 Å². The van der Waals surface area contributed by atoms with Gasteiger partial charge in [-0.05, 0) is 84.9 Å². The van der Waals surface area contributed by atoms with Crippen LogP contribution in [0.15, 0.2) is 152 Å². The summed E-state index contributed by atoms with van der Waals surface area (Å²) in [6, 6.07) is 55.6. The maximum Gasteiger partial charge on any atom is 0.0563 e. The number of rotatable bonds is 3. The van der Waals surface area contributed by atoms with E-state index < -0.39 is 0 Å². The molecule has 0 atom stereocenters. The quantitative estimate of drug-likeness (QED) is 0.191. The van der Waals surface area contributed by atoms with Crippen molar-refractivity contribution in [1.29, 1.82) is 0 Å². The Labute approximate surface area is 267 Å². The minimum Gasteiger partial charge on any atom is -0.309 e. The number of para-hydroxylation sites is 2. The van der Waals surface area contributed by atoms with Gasteiger partial charge in [-0.2, -0.15) is 0 Å². The van der Waals surface area contributed by atoms with Gasteiger partial charge < -0.3 is 13.7 Å². The van der Waals surface area contributed by atoms with Gasteiger partial charge in [-0.15, -0.1) is 11.3 Å². The lowest BCUT2D eigenvalue weighted by Gasteiger charge is -2.13. The lowest BCUT2D eigenvalue weighted by Crippen LogP contribution is -1.98. The molecule has 11 rings (SSSR count). The van der Waals surface area contributed by atoms with Crippen molar-refractivity contribution in [3.8, 4) is 17.1 Å². The van der Waals surface area contributed by atoms with E-state index in [0.29, 0.717) is 0 Å². The second-order valence-electron chi connectivity index (χ2n) is 12.2. The zero-order chi connectivity index (χ0) is 29.9. The van der Waals surface area contributed by atoms with E-state index in [1.807, 2.05) is 11.3 Å². The van der Waals surface area contributed by atoms with E-state index >= 15 is 0 Å². The summed E-state index contributed by atoms with van der Waals surface area (Å²) in [7, 11) is 0. The standard InChI is InChI=1S/C42H25N3S/c1-2-10-26(11-3-1)43-33-14-6-4-12-29(33)31-24-27(20-22-34(31)43)44-35-15-8-17-37-41(35)42-36(44)16-9-18-38(42)45(37)28-21-23-40-32(25-28)30-13-5-7-19-39(30)46-40/h1-25H. The second kappa shape index (κ2) is 8.87. The van der Waals surface area contributed by atoms with Crippen molar-refractivity contribution in [2.75, 3.05) is 0 Å². The molecule has 4 aromatic heterocycles. The molecule has 0 amide bonds. The van der Waals surface area contributed by atoms with E-state index in [1.165, 1.54) is 91.9 Å². The molecule has 46 heavy (non-hydrogen) atoms. The SMILES string of the molecule is c1ccc(-n2c3ccccc3c3cc(-n4c5cccc6c5c5c(cccc54)n6-c4ccc5sc6ccccc6c5c4)ccc32)cc1. The molecule has 0 spiro atoms. The van der Waals surface area contributed by atoms with E-state index in [2.05, 4.69) is 165 Å². The van der Waals surface area contributed by atoms with E-state index in [0.717, 1.165) is 0 Å². The van der Waals surface area contributed by atoms with Gasteiger partial charge in [0.1, 0.15) is 0 Å². The van der Waals surface area contributed by atoms with Crippen molar-refractivity contribution >= 4 is 86.2 Å². The molecule has 11 aromatic rings. The van der Waals surface area contributed by atoms with Crippen molar-refractivity contribution < 1.29 is 0 Å². The second-order valence-corrected chi connectivity index (χ2v) is 13.3. The highest BCUT2D eigenvalue weighted by Crippen LogP contribution is 2.44. The first-order valence-electron chi connectivity index (χ1n) is 15.7. The van der Waals surface area contributed by atoms with Gasteiger partial charge in [0.2, 0.25) is 0 Å². The summed E-state index contributed by atoms with van der Waals surface area (Å²) in [4.78, 5) is 0. The van der Waals surface area contributed by atoms with Crippen LogP contribution >= 0.6 is 11.3 Å². The van der Waals surface area contributed by atoms with Gasteiger partial charge in [-0.3, -0.25) is 0 Å².